The number of likely N-dealkylation sites (tertiary alicyclic amines) is 1. The van der Waals surface area contributed by atoms with Crippen molar-refractivity contribution in [3.8, 4) is 0 Å². The van der Waals surface area contributed by atoms with Crippen LogP contribution in [-0.2, 0) is 19.3 Å². The molecule has 156 valence electrons. The number of amides is 1. The molecule has 1 aliphatic heterocycles. The molecule has 1 aromatic carbocycles. The topological polar surface area (TPSA) is 49.6 Å². The van der Waals surface area contributed by atoms with Gasteiger partial charge >= 0.3 is 0 Å². The van der Waals surface area contributed by atoms with Gasteiger partial charge < -0.3 is 14.3 Å². The van der Waals surface area contributed by atoms with Gasteiger partial charge in [0.2, 0.25) is 5.76 Å². The Morgan fingerprint density at radius 3 is 2.97 bits per heavy atom. The number of aryl methyl sites for hydroxylation is 1. The van der Waals surface area contributed by atoms with Crippen molar-refractivity contribution in [2.24, 2.45) is 5.92 Å². The van der Waals surface area contributed by atoms with E-state index in [1.165, 1.54) is 6.07 Å². The Morgan fingerprint density at radius 2 is 2.10 bits per heavy atom. The first-order valence-corrected chi connectivity index (χ1v) is 10.8. The van der Waals surface area contributed by atoms with E-state index in [4.69, 9.17) is 4.52 Å². The summed E-state index contributed by atoms with van der Waals surface area (Å²) >= 11 is 0. The summed E-state index contributed by atoms with van der Waals surface area (Å²) < 4.78 is 19.3. The number of carbonyl (C=O) groups excluding carboxylic acids is 1. The van der Waals surface area contributed by atoms with Gasteiger partial charge in [0.1, 0.15) is 5.82 Å². The third-order valence-electron chi connectivity index (χ3n) is 6.29. The monoisotopic (exact) mass is 399 g/mol. The van der Waals surface area contributed by atoms with E-state index in [-0.39, 0.29) is 11.7 Å². The zero-order chi connectivity index (χ0) is 20.2. The predicted octanol–water partition coefficient (Wildman–Crippen LogP) is 3.72. The van der Waals surface area contributed by atoms with Crippen molar-refractivity contribution in [2.75, 3.05) is 33.2 Å². The average molecular weight is 400 g/mol. The van der Waals surface area contributed by atoms with Crippen molar-refractivity contribution in [3.05, 3.63) is 52.7 Å². The van der Waals surface area contributed by atoms with Crippen LogP contribution in [0.1, 0.15) is 53.1 Å². The molecule has 0 spiro atoms. The Morgan fingerprint density at radius 1 is 1.28 bits per heavy atom. The smallest absolute Gasteiger partial charge is 0.292 e. The first kappa shape index (κ1) is 20.1. The molecule has 1 atom stereocenters. The summed E-state index contributed by atoms with van der Waals surface area (Å²) in [5, 5.41) is 4.12. The maximum Gasteiger partial charge on any atom is 0.292 e. The molecule has 1 saturated heterocycles. The molecule has 4 rings (SSSR count). The molecule has 1 fully saturated rings. The van der Waals surface area contributed by atoms with Crippen LogP contribution < -0.4 is 0 Å². The standard InChI is InChI=1S/C23H30FN3O2/c1-26(23(28)22-19-9-3-5-11-21(19)25-29-22)15-17-7-6-13-27(16-17)14-12-18-8-2-4-10-20(18)24/h2,4,8,10,17H,3,5-7,9,11-16H2,1H3/t17-/m1/s1. The number of benzene rings is 1. The van der Waals surface area contributed by atoms with Gasteiger partial charge in [-0.15, -0.1) is 0 Å². The van der Waals surface area contributed by atoms with Crippen molar-refractivity contribution in [2.45, 2.75) is 44.9 Å². The Hall–Kier alpha value is -2.21. The number of halogens is 1. The summed E-state index contributed by atoms with van der Waals surface area (Å²) in [4.78, 5) is 17.1. The highest BCUT2D eigenvalue weighted by Gasteiger charge is 2.28. The van der Waals surface area contributed by atoms with E-state index in [9.17, 15) is 9.18 Å². The molecule has 29 heavy (non-hydrogen) atoms. The summed E-state index contributed by atoms with van der Waals surface area (Å²) in [6, 6.07) is 7.01. The highest BCUT2D eigenvalue weighted by molar-refractivity contribution is 5.93. The minimum Gasteiger partial charge on any atom is -0.350 e. The van der Waals surface area contributed by atoms with Crippen molar-refractivity contribution < 1.29 is 13.7 Å². The molecule has 0 saturated carbocycles. The normalized spacial score (nSPS) is 19.7. The van der Waals surface area contributed by atoms with Crippen LogP contribution in [0.3, 0.4) is 0 Å². The van der Waals surface area contributed by atoms with Gasteiger partial charge in [0.25, 0.3) is 5.91 Å². The zero-order valence-electron chi connectivity index (χ0n) is 17.2. The fourth-order valence-corrected chi connectivity index (χ4v) is 4.69. The lowest BCUT2D eigenvalue weighted by Gasteiger charge is -2.34. The minimum atomic E-state index is -0.123. The van der Waals surface area contributed by atoms with E-state index >= 15 is 0 Å². The highest BCUT2D eigenvalue weighted by Crippen LogP contribution is 2.25. The lowest BCUT2D eigenvalue weighted by Crippen LogP contribution is -2.42. The van der Waals surface area contributed by atoms with Crippen molar-refractivity contribution in [3.63, 3.8) is 0 Å². The molecule has 2 aliphatic rings. The minimum absolute atomic E-state index is 0.0517. The number of hydrogen-bond donors (Lipinski definition) is 0. The van der Waals surface area contributed by atoms with Crippen LogP contribution in [-0.4, -0.2) is 54.1 Å². The summed E-state index contributed by atoms with van der Waals surface area (Å²) in [7, 11) is 1.86. The maximum atomic E-state index is 13.9. The molecule has 1 aromatic heterocycles. The second-order valence-corrected chi connectivity index (χ2v) is 8.48. The van der Waals surface area contributed by atoms with Crippen molar-refractivity contribution in [1.29, 1.82) is 0 Å². The number of nitrogens with zero attached hydrogens (tertiary/aromatic N) is 3. The van der Waals surface area contributed by atoms with Crippen LogP contribution in [0.4, 0.5) is 4.39 Å². The second-order valence-electron chi connectivity index (χ2n) is 8.48. The SMILES string of the molecule is CN(C[C@H]1CCCN(CCc2ccccc2F)C1)C(=O)c1onc2c1CCCC2. The fourth-order valence-electron chi connectivity index (χ4n) is 4.69. The van der Waals surface area contributed by atoms with Gasteiger partial charge in [-0.25, -0.2) is 4.39 Å². The van der Waals surface area contributed by atoms with Gasteiger partial charge in [-0.2, -0.15) is 0 Å². The molecule has 0 N–H and O–H groups in total. The summed E-state index contributed by atoms with van der Waals surface area (Å²) in [5.41, 5.74) is 2.75. The van der Waals surface area contributed by atoms with Crippen LogP contribution in [0.5, 0.6) is 0 Å². The molecule has 2 aromatic rings. The predicted molar refractivity (Wildman–Crippen MR) is 109 cm³/mol. The Bertz CT molecular complexity index is 850. The largest absolute Gasteiger partial charge is 0.350 e. The van der Waals surface area contributed by atoms with Crippen LogP contribution in [0.15, 0.2) is 28.8 Å². The molecule has 2 heterocycles. The zero-order valence-corrected chi connectivity index (χ0v) is 17.2. The van der Waals surface area contributed by atoms with E-state index in [0.717, 1.165) is 81.4 Å². The van der Waals surface area contributed by atoms with Gasteiger partial charge in [-0.1, -0.05) is 23.4 Å². The lowest BCUT2D eigenvalue weighted by molar-refractivity contribution is 0.0689. The van der Waals surface area contributed by atoms with Crippen LogP contribution in [0.2, 0.25) is 0 Å². The van der Waals surface area contributed by atoms with E-state index in [0.29, 0.717) is 18.2 Å². The summed E-state index contributed by atoms with van der Waals surface area (Å²) in [5.74, 6) is 0.692. The van der Waals surface area contributed by atoms with Gasteiger partial charge in [-0.3, -0.25) is 4.79 Å². The van der Waals surface area contributed by atoms with Crippen LogP contribution in [0, 0.1) is 11.7 Å². The molecule has 0 unspecified atom stereocenters. The molecule has 0 bridgehead atoms. The first-order valence-electron chi connectivity index (χ1n) is 10.8. The number of aromatic nitrogens is 1. The van der Waals surface area contributed by atoms with E-state index in [2.05, 4.69) is 10.1 Å². The molecular formula is C23H30FN3O2. The van der Waals surface area contributed by atoms with Gasteiger partial charge in [0.15, 0.2) is 0 Å². The fraction of sp³-hybridized carbons (Fsp3) is 0.565. The molecule has 6 heteroatoms. The number of fused-ring (bicyclic) bond motifs is 1. The van der Waals surface area contributed by atoms with E-state index in [1.54, 1.807) is 11.0 Å². The Labute approximate surface area is 171 Å². The number of carbonyl (C=O) groups is 1. The Balaban J connectivity index is 1.31. The summed E-state index contributed by atoms with van der Waals surface area (Å²) in [6.45, 7) is 3.55. The number of hydrogen-bond acceptors (Lipinski definition) is 4. The van der Waals surface area contributed by atoms with Crippen LogP contribution >= 0.6 is 0 Å². The number of rotatable bonds is 6. The second kappa shape index (κ2) is 9.08. The van der Waals surface area contributed by atoms with Gasteiger partial charge in [0.05, 0.1) is 5.69 Å². The third kappa shape index (κ3) is 4.69. The molecule has 5 nitrogen and oxygen atoms in total. The van der Waals surface area contributed by atoms with E-state index < -0.39 is 0 Å². The van der Waals surface area contributed by atoms with Crippen molar-refractivity contribution in [1.82, 2.24) is 15.0 Å². The number of piperidine rings is 1. The molecular weight excluding hydrogens is 369 g/mol. The quantitative estimate of drug-likeness (QED) is 0.743. The van der Waals surface area contributed by atoms with Gasteiger partial charge in [0, 0.05) is 32.2 Å². The third-order valence-corrected chi connectivity index (χ3v) is 6.29. The molecule has 0 radical (unpaired) electrons. The summed E-state index contributed by atoms with van der Waals surface area (Å²) in [6.07, 6.45) is 6.96. The van der Waals surface area contributed by atoms with Crippen molar-refractivity contribution >= 4 is 5.91 Å². The molecule has 1 amide bonds. The average Bonchev–Trinajstić information content (AvgIpc) is 3.17. The van der Waals surface area contributed by atoms with E-state index in [1.807, 2.05) is 19.2 Å². The maximum absolute atomic E-state index is 13.9. The molecule has 1 aliphatic carbocycles. The first-order chi connectivity index (χ1) is 14.1. The van der Waals surface area contributed by atoms with Crippen LogP contribution in [0.25, 0.3) is 0 Å². The van der Waals surface area contributed by atoms with Gasteiger partial charge in [-0.05, 0) is 69.0 Å². The lowest BCUT2D eigenvalue weighted by atomic mass is 9.95. The Kier molecular flexibility index (Phi) is 6.28. The highest BCUT2D eigenvalue weighted by atomic mass is 19.1.